The van der Waals surface area contributed by atoms with Gasteiger partial charge in [-0.3, -0.25) is 4.79 Å². The lowest BCUT2D eigenvalue weighted by Gasteiger charge is -2.21. The van der Waals surface area contributed by atoms with Gasteiger partial charge in [0.05, 0.1) is 11.6 Å². The summed E-state index contributed by atoms with van der Waals surface area (Å²) in [7, 11) is 0. The number of amides is 1. The molecule has 4 nitrogen and oxygen atoms in total. The summed E-state index contributed by atoms with van der Waals surface area (Å²) >= 11 is 0. The van der Waals surface area contributed by atoms with Crippen molar-refractivity contribution in [2.45, 2.75) is 47.5 Å². The quantitative estimate of drug-likeness (QED) is 0.817. The summed E-state index contributed by atoms with van der Waals surface area (Å²) in [6.45, 7) is 11.9. The molecule has 0 aromatic heterocycles. The Labute approximate surface area is 111 Å². The smallest absolute Gasteiger partial charge is 0.251 e. The highest BCUT2D eigenvalue weighted by atomic mass is 16.2. The molecular formula is C14H27N3O. The number of hydrogen-bond donors (Lipinski definition) is 1. The first-order valence-corrected chi connectivity index (χ1v) is 6.87. The maximum atomic E-state index is 12.3. The van der Waals surface area contributed by atoms with E-state index in [-0.39, 0.29) is 17.2 Å². The third-order valence-corrected chi connectivity index (χ3v) is 3.25. The fraction of sp³-hybridized carbons (Fsp3) is 0.857. The molecule has 1 atom stereocenters. The van der Waals surface area contributed by atoms with Gasteiger partial charge >= 0.3 is 0 Å². The van der Waals surface area contributed by atoms with Crippen molar-refractivity contribution in [3.8, 4) is 0 Å². The molecule has 1 aliphatic rings. The fourth-order valence-corrected chi connectivity index (χ4v) is 2.19. The van der Waals surface area contributed by atoms with Crippen LogP contribution < -0.4 is 5.73 Å². The SMILES string of the molecule is CC(C)CCN1N=C(C(C)(C)C)C(CCN)C1=O. The Morgan fingerprint density at radius 1 is 1.39 bits per heavy atom. The van der Waals surface area contributed by atoms with Gasteiger partial charge in [-0.25, -0.2) is 5.01 Å². The minimum atomic E-state index is -0.109. The van der Waals surface area contributed by atoms with Crippen molar-refractivity contribution in [1.82, 2.24) is 5.01 Å². The first-order chi connectivity index (χ1) is 8.27. The van der Waals surface area contributed by atoms with Crippen molar-refractivity contribution >= 4 is 11.6 Å². The molecule has 1 rings (SSSR count). The Balaban J connectivity index is 2.83. The van der Waals surface area contributed by atoms with Gasteiger partial charge in [0.2, 0.25) is 0 Å². The standard InChI is InChI=1S/C14H27N3O/c1-10(2)7-9-17-13(18)11(6-8-15)12(16-17)14(3,4)5/h10-11H,6-9,15H2,1-5H3. The number of nitrogens with two attached hydrogens (primary N) is 1. The van der Waals surface area contributed by atoms with E-state index in [1.807, 2.05) is 0 Å². The van der Waals surface area contributed by atoms with Gasteiger partial charge in [0.15, 0.2) is 0 Å². The minimum absolute atomic E-state index is 0.0674. The number of nitrogens with zero attached hydrogens (tertiary/aromatic N) is 2. The summed E-state index contributed by atoms with van der Waals surface area (Å²) in [6, 6.07) is 0. The van der Waals surface area contributed by atoms with Gasteiger partial charge in [-0.1, -0.05) is 34.6 Å². The van der Waals surface area contributed by atoms with E-state index in [9.17, 15) is 4.79 Å². The predicted molar refractivity (Wildman–Crippen MR) is 75.2 cm³/mol. The molecule has 18 heavy (non-hydrogen) atoms. The van der Waals surface area contributed by atoms with E-state index in [0.29, 0.717) is 18.9 Å². The molecule has 2 N–H and O–H groups in total. The average Bonchev–Trinajstić information content (AvgIpc) is 2.54. The number of hydrogen-bond acceptors (Lipinski definition) is 3. The van der Waals surface area contributed by atoms with Crippen LogP contribution in [0.3, 0.4) is 0 Å². The van der Waals surface area contributed by atoms with E-state index in [1.165, 1.54) is 0 Å². The predicted octanol–water partition coefficient (Wildman–Crippen LogP) is 2.24. The zero-order valence-electron chi connectivity index (χ0n) is 12.4. The van der Waals surface area contributed by atoms with Gasteiger partial charge in [-0.15, -0.1) is 0 Å². The maximum Gasteiger partial charge on any atom is 0.251 e. The number of hydrazone groups is 1. The van der Waals surface area contributed by atoms with Crippen molar-refractivity contribution in [3.05, 3.63) is 0 Å². The van der Waals surface area contributed by atoms with E-state index in [1.54, 1.807) is 5.01 Å². The zero-order chi connectivity index (χ0) is 13.9. The lowest BCUT2D eigenvalue weighted by atomic mass is 9.81. The van der Waals surface area contributed by atoms with Crippen molar-refractivity contribution in [2.75, 3.05) is 13.1 Å². The Morgan fingerprint density at radius 3 is 2.44 bits per heavy atom. The monoisotopic (exact) mass is 253 g/mol. The van der Waals surface area contributed by atoms with Gasteiger partial charge in [-0.2, -0.15) is 5.10 Å². The fourth-order valence-electron chi connectivity index (χ4n) is 2.19. The van der Waals surface area contributed by atoms with Crippen LogP contribution in [-0.4, -0.2) is 29.7 Å². The largest absolute Gasteiger partial charge is 0.330 e. The third kappa shape index (κ3) is 3.55. The molecule has 1 unspecified atom stereocenters. The first kappa shape index (κ1) is 15.2. The van der Waals surface area contributed by atoms with Gasteiger partial charge in [0.1, 0.15) is 0 Å². The Morgan fingerprint density at radius 2 is 2.00 bits per heavy atom. The van der Waals surface area contributed by atoms with Gasteiger partial charge in [0.25, 0.3) is 5.91 Å². The molecule has 4 heteroatoms. The summed E-state index contributed by atoms with van der Waals surface area (Å²) in [5.41, 5.74) is 6.54. The lowest BCUT2D eigenvalue weighted by molar-refractivity contribution is -0.132. The lowest BCUT2D eigenvalue weighted by Crippen LogP contribution is -2.33. The Hall–Kier alpha value is -0.900. The molecule has 0 fully saturated rings. The molecule has 0 aromatic rings. The molecule has 0 aliphatic carbocycles. The van der Waals surface area contributed by atoms with Crippen LogP contribution in [0.5, 0.6) is 0 Å². The van der Waals surface area contributed by atoms with Gasteiger partial charge < -0.3 is 5.73 Å². The highest BCUT2D eigenvalue weighted by molar-refractivity contribution is 6.10. The van der Waals surface area contributed by atoms with Gasteiger partial charge in [0, 0.05) is 12.0 Å². The molecule has 0 radical (unpaired) electrons. The van der Waals surface area contributed by atoms with Crippen molar-refractivity contribution in [3.63, 3.8) is 0 Å². The average molecular weight is 253 g/mol. The van der Waals surface area contributed by atoms with Crippen LogP contribution in [0.2, 0.25) is 0 Å². The van der Waals surface area contributed by atoms with Gasteiger partial charge in [-0.05, 0) is 25.3 Å². The van der Waals surface area contributed by atoms with Crippen LogP contribution in [0, 0.1) is 17.3 Å². The maximum absolute atomic E-state index is 12.3. The summed E-state index contributed by atoms with van der Waals surface area (Å²) in [4.78, 5) is 12.3. The molecule has 104 valence electrons. The molecule has 0 bridgehead atoms. The normalized spacial score (nSPS) is 20.8. The second-order valence-electron chi connectivity index (χ2n) is 6.51. The number of carbonyl (C=O) groups excluding carboxylic acids is 1. The Bertz CT molecular complexity index is 328. The molecule has 1 aliphatic heterocycles. The van der Waals surface area contributed by atoms with Crippen LogP contribution in [0.15, 0.2) is 5.10 Å². The van der Waals surface area contributed by atoms with Crippen LogP contribution in [0.25, 0.3) is 0 Å². The molecule has 0 saturated carbocycles. The number of rotatable bonds is 5. The molecule has 0 aromatic carbocycles. The summed E-state index contributed by atoms with van der Waals surface area (Å²) < 4.78 is 0. The zero-order valence-corrected chi connectivity index (χ0v) is 12.4. The number of carbonyl (C=O) groups is 1. The highest BCUT2D eigenvalue weighted by Crippen LogP contribution is 2.30. The van der Waals surface area contributed by atoms with Crippen molar-refractivity contribution in [1.29, 1.82) is 0 Å². The first-order valence-electron chi connectivity index (χ1n) is 6.87. The van der Waals surface area contributed by atoms with E-state index in [2.05, 4.69) is 39.7 Å². The highest BCUT2D eigenvalue weighted by Gasteiger charge is 2.40. The summed E-state index contributed by atoms with van der Waals surface area (Å²) in [6.07, 6.45) is 1.69. The van der Waals surface area contributed by atoms with Crippen molar-refractivity contribution in [2.24, 2.45) is 28.1 Å². The van der Waals surface area contributed by atoms with Crippen LogP contribution >= 0.6 is 0 Å². The van der Waals surface area contributed by atoms with E-state index >= 15 is 0 Å². The van der Waals surface area contributed by atoms with Crippen LogP contribution in [0.4, 0.5) is 0 Å². The minimum Gasteiger partial charge on any atom is -0.330 e. The van der Waals surface area contributed by atoms with Crippen LogP contribution in [-0.2, 0) is 4.79 Å². The molecular weight excluding hydrogens is 226 g/mol. The topological polar surface area (TPSA) is 58.7 Å². The second-order valence-corrected chi connectivity index (χ2v) is 6.51. The van der Waals surface area contributed by atoms with E-state index in [0.717, 1.165) is 18.7 Å². The van der Waals surface area contributed by atoms with E-state index in [4.69, 9.17) is 5.73 Å². The van der Waals surface area contributed by atoms with Crippen molar-refractivity contribution < 1.29 is 4.79 Å². The second kappa shape index (κ2) is 5.83. The molecule has 0 spiro atoms. The molecule has 0 saturated heterocycles. The van der Waals surface area contributed by atoms with Crippen LogP contribution in [0.1, 0.15) is 47.5 Å². The molecule has 1 heterocycles. The van der Waals surface area contributed by atoms with E-state index < -0.39 is 0 Å². The Kier molecular flexibility index (Phi) is 4.91. The summed E-state index contributed by atoms with van der Waals surface area (Å²) in [5.74, 6) is 0.604. The molecule has 1 amide bonds. The summed E-state index contributed by atoms with van der Waals surface area (Å²) in [5, 5.41) is 6.21. The third-order valence-electron chi connectivity index (χ3n) is 3.25.